The molecule has 0 saturated heterocycles. The molecule has 0 fully saturated rings. The van der Waals surface area contributed by atoms with Gasteiger partial charge in [0.2, 0.25) is 0 Å². The van der Waals surface area contributed by atoms with Crippen LogP contribution in [0.15, 0.2) is 23.3 Å². The van der Waals surface area contributed by atoms with Gasteiger partial charge in [-0.25, -0.2) is 9.59 Å². The number of carbonyl (C=O) groups is 2. The van der Waals surface area contributed by atoms with Crippen LogP contribution in [0.25, 0.3) is 0 Å². The predicted octanol–water partition coefficient (Wildman–Crippen LogP) is 3.24. The lowest BCUT2D eigenvalue weighted by molar-refractivity contribution is -0.133. The summed E-state index contributed by atoms with van der Waals surface area (Å²) in [6, 6.07) is 0. The SMILES string of the molecule is CC(=CCCCCC(C)C=C(C)C(=O)O)C(=O)O. The minimum absolute atomic E-state index is 0.241. The van der Waals surface area contributed by atoms with E-state index >= 15 is 0 Å². The molecule has 4 nitrogen and oxygen atoms in total. The molecule has 0 aromatic heterocycles. The summed E-state index contributed by atoms with van der Waals surface area (Å²) < 4.78 is 0. The van der Waals surface area contributed by atoms with Crippen LogP contribution in [0.4, 0.5) is 0 Å². The Balaban J connectivity index is 3.86. The van der Waals surface area contributed by atoms with Crippen LogP contribution < -0.4 is 0 Å². The summed E-state index contributed by atoms with van der Waals surface area (Å²) in [4.78, 5) is 21.1. The van der Waals surface area contributed by atoms with Gasteiger partial charge in [-0.05, 0) is 39.0 Å². The summed E-state index contributed by atoms with van der Waals surface area (Å²) in [5.41, 5.74) is 0.758. The minimum Gasteiger partial charge on any atom is -0.478 e. The van der Waals surface area contributed by atoms with Gasteiger partial charge in [0.15, 0.2) is 0 Å². The largest absolute Gasteiger partial charge is 0.478 e. The number of carboxylic acids is 2. The van der Waals surface area contributed by atoms with E-state index in [1.165, 1.54) is 0 Å². The van der Waals surface area contributed by atoms with E-state index in [0.717, 1.165) is 25.7 Å². The van der Waals surface area contributed by atoms with Crippen LogP contribution in [0, 0.1) is 5.92 Å². The molecular weight excluding hydrogens is 232 g/mol. The average Bonchev–Trinajstić information content (AvgIpc) is 2.27. The van der Waals surface area contributed by atoms with Crippen molar-refractivity contribution in [2.75, 3.05) is 0 Å². The van der Waals surface area contributed by atoms with Crippen LogP contribution in [0.3, 0.4) is 0 Å². The Hall–Kier alpha value is -1.58. The quantitative estimate of drug-likeness (QED) is 0.515. The first kappa shape index (κ1) is 16.4. The van der Waals surface area contributed by atoms with E-state index < -0.39 is 11.9 Å². The van der Waals surface area contributed by atoms with Crippen LogP contribution >= 0.6 is 0 Å². The summed E-state index contributed by atoms with van der Waals surface area (Å²) in [7, 11) is 0. The highest BCUT2D eigenvalue weighted by Crippen LogP contribution is 2.13. The fourth-order valence-electron chi connectivity index (χ4n) is 1.60. The molecule has 0 aromatic carbocycles. The number of hydrogen-bond donors (Lipinski definition) is 2. The highest BCUT2D eigenvalue weighted by molar-refractivity contribution is 5.86. The van der Waals surface area contributed by atoms with Crippen LogP contribution in [-0.4, -0.2) is 22.2 Å². The van der Waals surface area contributed by atoms with E-state index in [4.69, 9.17) is 10.2 Å². The number of hydrogen-bond acceptors (Lipinski definition) is 2. The molecule has 1 unspecified atom stereocenters. The first-order chi connectivity index (χ1) is 8.34. The van der Waals surface area contributed by atoms with Crippen LogP contribution in [0.5, 0.6) is 0 Å². The summed E-state index contributed by atoms with van der Waals surface area (Å²) in [6.07, 6.45) is 7.06. The molecule has 0 bridgehead atoms. The number of aliphatic carboxylic acids is 2. The second-order valence-corrected chi connectivity index (χ2v) is 4.61. The van der Waals surface area contributed by atoms with E-state index in [1.807, 2.05) is 6.92 Å². The van der Waals surface area contributed by atoms with Crippen molar-refractivity contribution in [3.8, 4) is 0 Å². The van der Waals surface area contributed by atoms with Crippen molar-refractivity contribution < 1.29 is 19.8 Å². The lowest BCUT2D eigenvalue weighted by Crippen LogP contribution is -2.00. The van der Waals surface area contributed by atoms with E-state index in [-0.39, 0.29) is 5.92 Å². The number of unbranched alkanes of at least 4 members (excludes halogenated alkanes) is 2. The highest BCUT2D eigenvalue weighted by atomic mass is 16.4. The maximum absolute atomic E-state index is 10.6. The number of carboxylic acid groups (broad SMARTS) is 2. The molecule has 0 amide bonds. The van der Waals surface area contributed by atoms with Crippen molar-refractivity contribution in [2.24, 2.45) is 5.92 Å². The molecular formula is C14H22O4. The van der Waals surface area contributed by atoms with Crippen LogP contribution in [0.2, 0.25) is 0 Å². The maximum atomic E-state index is 10.6. The van der Waals surface area contributed by atoms with Crippen molar-refractivity contribution in [2.45, 2.75) is 46.5 Å². The maximum Gasteiger partial charge on any atom is 0.330 e. The zero-order valence-corrected chi connectivity index (χ0v) is 11.3. The van der Waals surface area contributed by atoms with Crippen molar-refractivity contribution in [3.05, 3.63) is 23.3 Å². The first-order valence-corrected chi connectivity index (χ1v) is 6.16. The van der Waals surface area contributed by atoms with Gasteiger partial charge >= 0.3 is 11.9 Å². The first-order valence-electron chi connectivity index (χ1n) is 6.16. The Morgan fingerprint density at radius 3 is 2.11 bits per heavy atom. The van der Waals surface area contributed by atoms with Crippen LogP contribution in [-0.2, 0) is 9.59 Å². The third-order valence-corrected chi connectivity index (χ3v) is 2.77. The van der Waals surface area contributed by atoms with Gasteiger partial charge in [0.05, 0.1) is 0 Å². The molecule has 0 heterocycles. The zero-order valence-electron chi connectivity index (χ0n) is 11.3. The van der Waals surface area contributed by atoms with Gasteiger partial charge in [-0.15, -0.1) is 0 Å². The predicted molar refractivity (Wildman–Crippen MR) is 70.4 cm³/mol. The molecule has 0 radical (unpaired) electrons. The lowest BCUT2D eigenvalue weighted by Gasteiger charge is -2.06. The average molecular weight is 254 g/mol. The monoisotopic (exact) mass is 254 g/mol. The molecule has 4 heteroatoms. The third-order valence-electron chi connectivity index (χ3n) is 2.77. The Morgan fingerprint density at radius 2 is 1.61 bits per heavy atom. The van der Waals surface area contributed by atoms with Crippen LogP contribution in [0.1, 0.15) is 46.5 Å². The van der Waals surface area contributed by atoms with E-state index in [1.54, 1.807) is 26.0 Å². The fourth-order valence-corrected chi connectivity index (χ4v) is 1.60. The van der Waals surface area contributed by atoms with Gasteiger partial charge < -0.3 is 10.2 Å². The molecule has 18 heavy (non-hydrogen) atoms. The smallest absolute Gasteiger partial charge is 0.330 e. The Morgan fingerprint density at radius 1 is 1.06 bits per heavy atom. The van der Waals surface area contributed by atoms with Crippen molar-refractivity contribution in [1.82, 2.24) is 0 Å². The van der Waals surface area contributed by atoms with Gasteiger partial charge in [0, 0.05) is 11.1 Å². The minimum atomic E-state index is -0.873. The lowest BCUT2D eigenvalue weighted by atomic mass is 10.0. The molecule has 0 aliphatic heterocycles. The van der Waals surface area contributed by atoms with Gasteiger partial charge in [-0.3, -0.25) is 0 Å². The Labute approximate surface area is 108 Å². The molecule has 2 N–H and O–H groups in total. The summed E-state index contributed by atoms with van der Waals surface area (Å²) in [6.45, 7) is 5.17. The van der Waals surface area contributed by atoms with Crippen molar-refractivity contribution >= 4 is 11.9 Å². The van der Waals surface area contributed by atoms with Crippen molar-refractivity contribution in [1.29, 1.82) is 0 Å². The third kappa shape index (κ3) is 7.65. The summed E-state index contributed by atoms with van der Waals surface area (Å²) >= 11 is 0. The summed E-state index contributed by atoms with van der Waals surface area (Å²) in [5, 5.41) is 17.4. The van der Waals surface area contributed by atoms with E-state index in [2.05, 4.69) is 0 Å². The van der Waals surface area contributed by atoms with Crippen molar-refractivity contribution in [3.63, 3.8) is 0 Å². The molecule has 0 rings (SSSR count). The van der Waals surface area contributed by atoms with E-state index in [9.17, 15) is 9.59 Å². The molecule has 1 atom stereocenters. The molecule has 0 aliphatic carbocycles. The second kappa shape index (κ2) is 8.50. The van der Waals surface area contributed by atoms with Gasteiger partial charge in [0.25, 0.3) is 0 Å². The number of allylic oxidation sites excluding steroid dienone is 2. The molecule has 0 aliphatic rings. The molecule has 0 aromatic rings. The highest BCUT2D eigenvalue weighted by Gasteiger charge is 2.04. The Bertz CT molecular complexity index is 353. The molecule has 0 spiro atoms. The summed E-state index contributed by atoms with van der Waals surface area (Å²) in [5.74, 6) is -1.50. The topological polar surface area (TPSA) is 74.6 Å². The number of rotatable bonds is 8. The van der Waals surface area contributed by atoms with Gasteiger partial charge in [-0.1, -0.05) is 25.5 Å². The normalized spacial score (nSPS) is 14.4. The standard InChI is InChI=1S/C14H22O4/c1-10(9-12(3)14(17)18)7-5-4-6-8-11(2)13(15)16/h8-10H,4-7H2,1-3H3,(H,15,16)(H,17,18). The van der Waals surface area contributed by atoms with Gasteiger partial charge in [0.1, 0.15) is 0 Å². The Kier molecular flexibility index (Phi) is 7.76. The fraction of sp³-hybridized carbons (Fsp3) is 0.571. The van der Waals surface area contributed by atoms with Gasteiger partial charge in [-0.2, -0.15) is 0 Å². The molecule has 0 saturated carbocycles. The second-order valence-electron chi connectivity index (χ2n) is 4.61. The molecule has 102 valence electrons. The zero-order chi connectivity index (χ0) is 14.1. The van der Waals surface area contributed by atoms with E-state index in [0.29, 0.717) is 11.1 Å².